The van der Waals surface area contributed by atoms with E-state index < -0.39 is 11.9 Å². The lowest BCUT2D eigenvalue weighted by Crippen LogP contribution is -2.52. The number of nitrogens with zero attached hydrogens (tertiary/aromatic N) is 5. The van der Waals surface area contributed by atoms with Crippen molar-refractivity contribution < 1.29 is 8.81 Å². The van der Waals surface area contributed by atoms with Gasteiger partial charge in [0.2, 0.25) is 0 Å². The number of benzene rings is 2. The molecule has 6 rings (SSSR count). The molecule has 0 amide bonds. The lowest BCUT2D eigenvalue weighted by atomic mass is 9.98. The molecule has 2 aliphatic rings. The maximum atomic E-state index is 13.8. The number of rotatable bonds is 7. The van der Waals surface area contributed by atoms with E-state index in [2.05, 4.69) is 74.5 Å². The van der Waals surface area contributed by atoms with E-state index in [1.807, 2.05) is 6.07 Å². The maximum Gasteiger partial charge on any atom is 0.180 e. The standard InChI is InChI=1S/C31H32Cl2FN9O/c1-31(2,3)42-8-6-21(7-9-42)43-16-26(40-41-43)30(27-15-36-17-44-27)39-20-10-22-28(38-19-4-5-25(34)23(32)11-19)18(13-35)14-37-29(22)24(33)12-20/h4-5,10-12,14-17,21,30,39-41H,6-9H2,1-3H3,(H,37,38)/t30-/m1/s1. The number of hydrogen-bond donors (Lipinski definition) is 4. The van der Waals surface area contributed by atoms with Crippen molar-refractivity contribution in [3.63, 3.8) is 0 Å². The van der Waals surface area contributed by atoms with Crippen molar-refractivity contribution >= 4 is 51.2 Å². The van der Waals surface area contributed by atoms with E-state index in [0.29, 0.717) is 44.8 Å². The van der Waals surface area contributed by atoms with Gasteiger partial charge in [0.05, 0.1) is 38.7 Å². The van der Waals surface area contributed by atoms with Gasteiger partial charge in [-0.2, -0.15) is 5.26 Å². The molecule has 44 heavy (non-hydrogen) atoms. The second kappa shape index (κ2) is 12.1. The molecule has 13 heteroatoms. The molecule has 4 aromatic rings. The molecular formula is C31H32Cl2FN9O. The van der Waals surface area contributed by atoms with Crippen molar-refractivity contribution in [1.29, 1.82) is 5.26 Å². The van der Waals surface area contributed by atoms with Crippen molar-refractivity contribution in [2.75, 3.05) is 23.7 Å². The van der Waals surface area contributed by atoms with Gasteiger partial charge in [-0.3, -0.25) is 14.9 Å². The first-order valence-corrected chi connectivity index (χ1v) is 15.0. The van der Waals surface area contributed by atoms with Crippen LogP contribution in [0.5, 0.6) is 0 Å². The summed E-state index contributed by atoms with van der Waals surface area (Å²) in [6, 6.07) is 9.94. The first-order valence-electron chi connectivity index (χ1n) is 14.3. The van der Waals surface area contributed by atoms with Crippen LogP contribution in [0.4, 0.5) is 21.5 Å². The zero-order valence-corrected chi connectivity index (χ0v) is 26.0. The third-order valence-corrected chi connectivity index (χ3v) is 8.58. The van der Waals surface area contributed by atoms with Gasteiger partial charge in [0, 0.05) is 53.8 Å². The molecule has 2 aromatic carbocycles. The molecular weight excluding hydrogens is 604 g/mol. The Bertz CT molecular complexity index is 1740. The van der Waals surface area contributed by atoms with E-state index in [-0.39, 0.29) is 16.1 Å². The van der Waals surface area contributed by atoms with Crippen LogP contribution in [0.25, 0.3) is 10.9 Å². The number of piperidine rings is 1. The Hall–Kier alpha value is -4.08. The number of fused-ring (bicyclic) bond motifs is 1. The van der Waals surface area contributed by atoms with Gasteiger partial charge >= 0.3 is 0 Å². The Labute approximate surface area is 264 Å². The SMILES string of the molecule is CC(C)(C)N1CCC(N2C=C([C@@H](Nc3cc(Cl)c4ncc(C#N)c(Nc5ccc(F)c(Cl)c5)c4c3)c3cnco3)NN2)CC1. The molecule has 228 valence electrons. The van der Waals surface area contributed by atoms with E-state index >= 15 is 0 Å². The van der Waals surface area contributed by atoms with E-state index in [9.17, 15) is 9.65 Å². The van der Waals surface area contributed by atoms with Gasteiger partial charge in [-0.1, -0.05) is 23.2 Å². The predicted octanol–water partition coefficient (Wildman–Crippen LogP) is 6.87. The van der Waals surface area contributed by atoms with Gasteiger partial charge < -0.3 is 20.5 Å². The molecule has 4 N–H and O–H groups in total. The number of aromatic nitrogens is 2. The average Bonchev–Trinajstić information content (AvgIpc) is 3.71. The highest BCUT2D eigenvalue weighted by Crippen LogP contribution is 2.37. The fourth-order valence-electron chi connectivity index (χ4n) is 5.62. The first-order chi connectivity index (χ1) is 21.1. The minimum atomic E-state index is -0.538. The van der Waals surface area contributed by atoms with Crippen LogP contribution in [0.1, 0.15) is 51.0 Å². The summed E-state index contributed by atoms with van der Waals surface area (Å²) in [5, 5.41) is 19.7. The topological polar surface area (TPSA) is 117 Å². The molecule has 0 radical (unpaired) electrons. The van der Waals surface area contributed by atoms with E-state index in [0.717, 1.165) is 31.6 Å². The number of hydrazine groups is 2. The van der Waals surface area contributed by atoms with Crippen LogP contribution in [0.3, 0.4) is 0 Å². The van der Waals surface area contributed by atoms with Crippen LogP contribution < -0.4 is 21.6 Å². The van der Waals surface area contributed by atoms with Crippen LogP contribution >= 0.6 is 23.2 Å². The van der Waals surface area contributed by atoms with Crippen LogP contribution in [-0.2, 0) is 0 Å². The van der Waals surface area contributed by atoms with E-state index in [4.69, 9.17) is 27.6 Å². The molecule has 2 aromatic heterocycles. The normalized spacial score (nSPS) is 16.8. The fraction of sp³-hybridized carbons (Fsp3) is 0.323. The molecule has 0 bridgehead atoms. The zero-order valence-electron chi connectivity index (χ0n) is 24.5. The molecule has 0 saturated carbocycles. The number of anilines is 3. The molecule has 0 aliphatic carbocycles. The summed E-state index contributed by atoms with van der Waals surface area (Å²) >= 11 is 12.8. The van der Waals surface area contributed by atoms with Crippen LogP contribution in [0.15, 0.2) is 65.4 Å². The summed E-state index contributed by atoms with van der Waals surface area (Å²) in [5.41, 5.74) is 10.0. The van der Waals surface area contributed by atoms with Gasteiger partial charge in [0.15, 0.2) is 12.2 Å². The largest absolute Gasteiger partial charge is 0.446 e. The maximum absolute atomic E-state index is 13.8. The van der Waals surface area contributed by atoms with Crippen LogP contribution in [0, 0.1) is 17.1 Å². The molecule has 1 saturated heterocycles. The highest BCUT2D eigenvalue weighted by Gasteiger charge is 2.32. The van der Waals surface area contributed by atoms with E-state index in [1.165, 1.54) is 24.7 Å². The zero-order chi connectivity index (χ0) is 31.0. The van der Waals surface area contributed by atoms with Gasteiger partial charge in [-0.15, -0.1) is 5.53 Å². The van der Waals surface area contributed by atoms with Crippen molar-refractivity contribution in [1.82, 2.24) is 30.8 Å². The number of nitriles is 1. The van der Waals surface area contributed by atoms with Gasteiger partial charge in [0.1, 0.15) is 17.9 Å². The van der Waals surface area contributed by atoms with Crippen LogP contribution in [0.2, 0.25) is 10.0 Å². The summed E-state index contributed by atoms with van der Waals surface area (Å²) < 4.78 is 19.6. The van der Waals surface area contributed by atoms with Gasteiger partial charge in [0.25, 0.3) is 0 Å². The molecule has 1 fully saturated rings. The third kappa shape index (κ3) is 6.12. The summed E-state index contributed by atoms with van der Waals surface area (Å²) in [7, 11) is 0. The molecule has 0 unspecified atom stereocenters. The third-order valence-electron chi connectivity index (χ3n) is 8.01. The second-order valence-corrected chi connectivity index (χ2v) is 12.7. The number of halogens is 3. The minimum Gasteiger partial charge on any atom is -0.446 e. The lowest BCUT2D eigenvalue weighted by molar-refractivity contribution is 0.0570. The van der Waals surface area contributed by atoms with Crippen molar-refractivity contribution in [3.8, 4) is 6.07 Å². The molecule has 0 spiro atoms. The summed E-state index contributed by atoms with van der Waals surface area (Å²) in [6.07, 6.45) is 8.61. The quantitative estimate of drug-likeness (QED) is 0.171. The number of nitrogens with one attached hydrogen (secondary N) is 4. The van der Waals surface area contributed by atoms with Crippen molar-refractivity contribution in [2.24, 2.45) is 0 Å². The van der Waals surface area contributed by atoms with Gasteiger partial charge in [-0.05, 0) is 63.9 Å². The fourth-order valence-corrected chi connectivity index (χ4v) is 6.07. The Morgan fingerprint density at radius 3 is 2.57 bits per heavy atom. The Morgan fingerprint density at radius 1 is 1.11 bits per heavy atom. The van der Waals surface area contributed by atoms with E-state index in [1.54, 1.807) is 18.3 Å². The Morgan fingerprint density at radius 2 is 1.89 bits per heavy atom. The van der Waals surface area contributed by atoms with Crippen molar-refractivity contribution in [3.05, 3.63) is 88.2 Å². The van der Waals surface area contributed by atoms with Crippen LogP contribution in [-0.4, -0.2) is 44.5 Å². The predicted molar refractivity (Wildman–Crippen MR) is 170 cm³/mol. The highest BCUT2D eigenvalue weighted by molar-refractivity contribution is 6.36. The number of likely N-dealkylation sites (tertiary alicyclic amines) is 1. The first kappa shape index (κ1) is 30.0. The Balaban J connectivity index is 1.31. The molecule has 2 aliphatic heterocycles. The summed E-state index contributed by atoms with van der Waals surface area (Å²) in [6.45, 7) is 8.80. The monoisotopic (exact) mass is 635 g/mol. The number of oxazole rings is 1. The smallest absolute Gasteiger partial charge is 0.180 e. The number of pyridine rings is 1. The Kier molecular flexibility index (Phi) is 8.26. The second-order valence-electron chi connectivity index (χ2n) is 11.9. The minimum absolute atomic E-state index is 0.0399. The van der Waals surface area contributed by atoms with Gasteiger partial charge in [-0.25, -0.2) is 9.37 Å². The van der Waals surface area contributed by atoms with Crippen molar-refractivity contribution in [2.45, 2.75) is 51.2 Å². The molecule has 10 nitrogen and oxygen atoms in total. The highest BCUT2D eigenvalue weighted by atomic mass is 35.5. The molecule has 1 atom stereocenters. The molecule has 4 heterocycles. The summed E-state index contributed by atoms with van der Waals surface area (Å²) in [5.74, 6) is 0.0536. The number of hydrogen-bond acceptors (Lipinski definition) is 10. The lowest BCUT2D eigenvalue weighted by Gasteiger charge is -2.42. The average molecular weight is 637 g/mol. The summed E-state index contributed by atoms with van der Waals surface area (Å²) in [4.78, 5) is 11.1.